The van der Waals surface area contributed by atoms with E-state index in [9.17, 15) is 14.0 Å². The van der Waals surface area contributed by atoms with Gasteiger partial charge in [0, 0.05) is 50.8 Å². The number of rotatable bonds is 9. The Kier molecular flexibility index (Phi) is 8.28. The molecule has 2 aromatic heterocycles. The van der Waals surface area contributed by atoms with Crippen LogP contribution in [-0.2, 0) is 20.9 Å². The number of nitrogens with one attached hydrogen (secondary N) is 2. The van der Waals surface area contributed by atoms with Gasteiger partial charge in [-0.1, -0.05) is 6.58 Å². The SMILES string of the molecule is C=C/C(=C\N(N)CC(=O)N1CCNCC1)Nc1ncc2cnn(Cc3cc(F)cc(N4CCOCC4=O)c3)c2n1. The molecule has 40 heavy (non-hydrogen) atoms. The fourth-order valence-electron chi connectivity index (χ4n) is 4.55. The minimum atomic E-state index is -0.456. The lowest BCUT2D eigenvalue weighted by Gasteiger charge is -2.28. The third-order valence-electron chi connectivity index (χ3n) is 6.52. The van der Waals surface area contributed by atoms with Crippen molar-refractivity contribution in [1.29, 1.82) is 0 Å². The van der Waals surface area contributed by atoms with Gasteiger partial charge in [0.2, 0.25) is 11.9 Å². The van der Waals surface area contributed by atoms with Gasteiger partial charge in [-0.2, -0.15) is 10.1 Å². The maximum Gasteiger partial charge on any atom is 0.253 e. The molecule has 0 radical (unpaired) electrons. The molecule has 0 atom stereocenters. The molecule has 13 nitrogen and oxygen atoms in total. The Balaban J connectivity index is 1.30. The van der Waals surface area contributed by atoms with E-state index in [4.69, 9.17) is 10.6 Å². The van der Waals surface area contributed by atoms with E-state index < -0.39 is 5.82 Å². The number of ether oxygens (including phenoxy) is 1. The Bertz CT molecular complexity index is 1440. The van der Waals surface area contributed by atoms with Crippen LogP contribution in [0.4, 0.5) is 16.0 Å². The molecule has 0 unspecified atom stereocenters. The maximum absolute atomic E-state index is 14.5. The lowest BCUT2D eigenvalue weighted by Crippen LogP contribution is -2.49. The molecule has 2 aliphatic rings. The highest BCUT2D eigenvalue weighted by Gasteiger charge is 2.21. The van der Waals surface area contributed by atoms with Crippen molar-refractivity contribution in [1.82, 2.24) is 35.0 Å². The second-order valence-corrected chi connectivity index (χ2v) is 9.41. The number of benzene rings is 1. The number of morpholine rings is 1. The van der Waals surface area contributed by atoms with Crippen molar-refractivity contribution in [2.24, 2.45) is 5.84 Å². The van der Waals surface area contributed by atoms with E-state index >= 15 is 0 Å². The molecule has 2 amide bonds. The van der Waals surface area contributed by atoms with E-state index in [1.807, 2.05) is 0 Å². The van der Waals surface area contributed by atoms with Gasteiger partial charge in [-0.25, -0.2) is 19.9 Å². The molecule has 0 spiro atoms. The number of hydrazine groups is 1. The van der Waals surface area contributed by atoms with Gasteiger partial charge in [0.25, 0.3) is 5.91 Å². The molecule has 5 rings (SSSR count). The minimum absolute atomic E-state index is 0.0113. The second-order valence-electron chi connectivity index (χ2n) is 9.41. The van der Waals surface area contributed by atoms with Crippen LogP contribution in [0.5, 0.6) is 0 Å². The van der Waals surface area contributed by atoms with E-state index in [0.29, 0.717) is 54.2 Å². The van der Waals surface area contributed by atoms with Crippen molar-refractivity contribution < 1.29 is 18.7 Å². The van der Waals surface area contributed by atoms with Crippen molar-refractivity contribution in [3.63, 3.8) is 0 Å². The van der Waals surface area contributed by atoms with E-state index in [1.165, 1.54) is 22.0 Å². The predicted molar refractivity (Wildman–Crippen MR) is 146 cm³/mol. The number of piperazine rings is 1. The molecule has 2 fully saturated rings. The normalized spacial score (nSPS) is 16.4. The van der Waals surface area contributed by atoms with Crippen molar-refractivity contribution in [2.75, 3.05) is 62.7 Å². The molecule has 210 valence electrons. The minimum Gasteiger partial charge on any atom is -0.370 e. The van der Waals surface area contributed by atoms with Crippen LogP contribution in [0, 0.1) is 5.82 Å². The van der Waals surface area contributed by atoms with E-state index in [0.717, 1.165) is 13.1 Å². The van der Waals surface area contributed by atoms with Crippen LogP contribution in [0.2, 0.25) is 0 Å². The molecular formula is C26H31FN10O3. The van der Waals surface area contributed by atoms with E-state index in [2.05, 4.69) is 32.3 Å². The summed E-state index contributed by atoms with van der Waals surface area (Å²) < 4.78 is 21.3. The number of fused-ring (bicyclic) bond motifs is 1. The van der Waals surface area contributed by atoms with Gasteiger partial charge in [0.1, 0.15) is 19.0 Å². The summed E-state index contributed by atoms with van der Waals surface area (Å²) in [5.41, 5.74) is 2.10. The number of nitrogens with zero attached hydrogens (tertiary/aromatic N) is 7. The predicted octanol–water partition coefficient (Wildman–Crippen LogP) is 0.424. The zero-order chi connectivity index (χ0) is 28.1. The van der Waals surface area contributed by atoms with Crippen molar-refractivity contribution in [2.45, 2.75) is 6.54 Å². The number of carbonyl (C=O) groups excluding carboxylic acids is 2. The Morgan fingerprint density at radius 3 is 2.85 bits per heavy atom. The lowest BCUT2D eigenvalue weighted by atomic mass is 10.1. The molecule has 2 aliphatic heterocycles. The maximum atomic E-state index is 14.5. The molecule has 2 saturated heterocycles. The smallest absolute Gasteiger partial charge is 0.253 e. The molecule has 1 aromatic carbocycles. The van der Waals surface area contributed by atoms with Crippen LogP contribution in [0.15, 0.2) is 55.1 Å². The average Bonchev–Trinajstić information content (AvgIpc) is 3.34. The van der Waals surface area contributed by atoms with Crippen molar-refractivity contribution in [3.8, 4) is 0 Å². The quantitative estimate of drug-likeness (QED) is 0.195. The van der Waals surface area contributed by atoms with Gasteiger partial charge in [-0.15, -0.1) is 0 Å². The third kappa shape index (κ3) is 6.42. The number of allylic oxidation sites excluding steroid dienone is 1. The first-order valence-corrected chi connectivity index (χ1v) is 12.9. The first-order valence-electron chi connectivity index (χ1n) is 12.9. The van der Waals surface area contributed by atoms with Gasteiger partial charge >= 0.3 is 0 Å². The third-order valence-corrected chi connectivity index (χ3v) is 6.52. The monoisotopic (exact) mass is 550 g/mol. The summed E-state index contributed by atoms with van der Waals surface area (Å²) in [7, 11) is 0. The summed E-state index contributed by atoms with van der Waals surface area (Å²) in [6.07, 6.45) is 6.34. The zero-order valence-electron chi connectivity index (χ0n) is 21.9. The van der Waals surface area contributed by atoms with Crippen LogP contribution in [0.25, 0.3) is 11.0 Å². The molecule has 4 heterocycles. The molecule has 3 aromatic rings. The van der Waals surface area contributed by atoms with Crippen LogP contribution in [0.1, 0.15) is 5.56 Å². The van der Waals surface area contributed by atoms with Gasteiger partial charge in [0.05, 0.1) is 30.4 Å². The summed E-state index contributed by atoms with van der Waals surface area (Å²) in [5, 5.41) is 12.6. The first kappa shape index (κ1) is 27.2. The highest BCUT2D eigenvalue weighted by atomic mass is 19.1. The van der Waals surface area contributed by atoms with Crippen molar-refractivity contribution in [3.05, 3.63) is 66.5 Å². The topological polar surface area (TPSA) is 147 Å². The number of hydrogen-bond acceptors (Lipinski definition) is 10. The number of anilines is 2. The second kappa shape index (κ2) is 12.2. The molecule has 4 N–H and O–H groups in total. The van der Waals surface area contributed by atoms with Crippen LogP contribution in [-0.4, -0.2) is 94.0 Å². The number of nitrogens with two attached hydrogens (primary N) is 1. The number of aromatic nitrogens is 4. The summed E-state index contributed by atoms with van der Waals surface area (Å²) >= 11 is 0. The number of amides is 2. The Hall–Kier alpha value is -4.40. The highest BCUT2D eigenvalue weighted by molar-refractivity contribution is 5.95. The lowest BCUT2D eigenvalue weighted by molar-refractivity contribution is -0.132. The van der Waals surface area contributed by atoms with Crippen LogP contribution >= 0.6 is 0 Å². The van der Waals surface area contributed by atoms with Gasteiger partial charge in [-0.3, -0.25) is 9.59 Å². The van der Waals surface area contributed by atoms with Crippen LogP contribution in [0.3, 0.4) is 0 Å². The highest BCUT2D eigenvalue weighted by Crippen LogP contribution is 2.22. The number of carbonyl (C=O) groups is 2. The largest absolute Gasteiger partial charge is 0.370 e. The Labute approximate surface area is 230 Å². The fraction of sp³-hybridized carbons (Fsp3) is 0.346. The summed E-state index contributed by atoms with van der Waals surface area (Å²) in [4.78, 5) is 37.0. The summed E-state index contributed by atoms with van der Waals surface area (Å²) in [5.74, 6) is 5.60. The zero-order valence-corrected chi connectivity index (χ0v) is 21.9. The Morgan fingerprint density at radius 2 is 2.08 bits per heavy atom. The van der Waals surface area contributed by atoms with E-state index in [1.54, 1.807) is 40.3 Å². The molecule has 0 saturated carbocycles. The Morgan fingerprint density at radius 1 is 1.25 bits per heavy atom. The van der Waals surface area contributed by atoms with Crippen LogP contribution < -0.4 is 21.4 Å². The molecule has 14 heteroatoms. The molecule has 0 aliphatic carbocycles. The standard InChI is InChI=1S/C26H31FN10O3/c1-2-21(15-35(28)16-23(38)34-5-3-29-4-6-34)32-26-30-12-19-13-31-37(25(19)33-26)14-18-9-20(27)11-22(10-18)36-7-8-40-17-24(36)39/h2,9-13,15,29H,1,3-8,14,16-17,28H2,(H,30,32,33)/b21-15+. The van der Waals surface area contributed by atoms with Gasteiger partial charge < -0.3 is 30.2 Å². The average molecular weight is 551 g/mol. The number of halogens is 1. The van der Waals surface area contributed by atoms with E-state index in [-0.39, 0.29) is 37.5 Å². The number of hydrogen-bond donors (Lipinski definition) is 3. The first-order chi connectivity index (χ1) is 19.4. The summed E-state index contributed by atoms with van der Waals surface area (Å²) in [6.45, 7) is 7.57. The summed E-state index contributed by atoms with van der Waals surface area (Å²) in [6, 6.07) is 4.49. The van der Waals surface area contributed by atoms with Crippen molar-refractivity contribution >= 4 is 34.5 Å². The molecular weight excluding hydrogens is 519 g/mol. The van der Waals surface area contributed by atoms with Gasteiger partial charge in [-0.05, 0) is 29.8 Å². The molecule has 0 bridgehead atoms. The van der Waals surface area contributed by atoms with Gasteiger partial charge in [0.15, 0.2) is 5.65 Å². The fourth-order valence-corrected chi connectivity index (χ4v) is 4.55.